The van der Waals surface area contributed by atoms with E-state index in [0.29, 0.717) is 0 Å². The standard InChI is InChI=1S/C26H35NO14/c1-14(30)36-13-21-22(37-15(2)31)23(38-16(3)32)24(39-17(4)33)26(41-21)40-19-7-6-18(12-20(19)35-5)25(34)27(8-10-28)9-11-29/h6-7,12,21-24,26,28-29H,8-11,13H2,1-5H3/t21-,22+,23+,24-,26+/m0/s1. The van der Waals surface area contributed by atoms with Gasteiger partial charge in [-0.15, -0.1) is 0 Å². The van der Waals surface area contributed by atoms with Crippen molar-refractivity contribution < 1.29 is 67.3 Å². The highest BCUT2D eigenvalue weighted by molar-refractivity contribution is 5.95. The molecule has 0 spiro atoms. The third-order valence-electron chi connectivity index (χ3n) is 5.63. The summed E-state index contributed by atoms with van der Waals surface area (Å²) < 4.78 is 38.4. The van der Waals surface area contributed by atoms with Gasteiger partial charge in [-0.3, -0.25) is 24.0 Å². The van der Waals surface area contributed by atoms with Gasteiger partial charge in [0.2, 0.25) is 12.4 Å². The molecule has 0 saturated carbocycles. The van der Waals surface area contributed by atoms with Crippen LogP contribution in [0.5, 0.6) is 11.5 Å². The predicted molar refractivity (Wildman–Crippen MR) is 136 cm³/mol. The molecule has 0 radical (unpaired) electrons. The summed E-state index contributed by atoms with van der Waals surface area (Å²) in [4.78, 5) is 61.6. The molecule has 0 bridgehead atoms. The van der Waals surface area contributed by atoms with Crippen molar-refractivity contribution in [3.63, 3.8) is 0 Å². The van der Waals surface area contributed by atoms with Crippen LogP contribution in [0.4, 0.5) is 0 Å². The molecule has 1 aromatic rings. The Hall–Kier alpha value is -3.95. The lowest BCUT2D eigenvalue weighted by Gasteiger charge is -2.44. The minimum atomic E-state index is -1.51. The van der Waals surface area contributed by atoms with Gasteiger partial charge in [0.1, 0.15) is 12.7 Å². The molecular formula is C26H35NO14. The van der Waals surface area contributed by atoms with Gasteiger partial charge in [0.25, 0.3) is 5.91 Å². The van der Waals surface area contributed by atoms with Crippen molar-refractivity contribution in [3.05, 3.63) is 23.8 Å². The van der Waals surface area contributed by atoms with Crippen molar-refractivity contribution in [2.24, 2.45) is 0 Å². The van der Waals surface area contributed by atoms with E-state index in [1.165, 1.54) is 30.2 Å². The number of hydrogen-bond donors (Lipinski definition) is 2. The lowest BCUT2D eigenvalue weighted by molar-refractivity contribution is -0.288. The molecule has 15 heteroatoms. The Morgan fingerprint density at radius 1 is 0.805 bits per heavy atom. The molecule has 15 nitrogen and oxygen atoms in total. The van der Waals surface area contributed by atoms with Crippen LogP contribution in [0.15, 0.2) is 18.2 Å². The molecule has 0 aromatic heterocycles. The van der Waals surface area contributed by atoms with E-state index >= 15 is 0 Å². The average Bonchev–Trinajstić information content (AvgIpc) is 2.89. The molecule has 1 amide bonds. The van der Waals surface area contributed by atoms with Gasteiger partial charge in [-0.1, -0.05) is 0 Å². The third kappa shape index (κ3) is 9.58. The largest absolute Gasteiger partial charge is 0.493 e. The molecule has 0 aliphatic carbocycles. The number of carbonyl (C=O) groups is 5. The number of benzene rings is 1. The zero-order valence-electron chi connectivity index (χ0n) is 23.4. The average molecular weight is 586 g/mol. The van der Waals surface area contributed by atoms with Crippen molar-refractivity contribution in [2.75, 3.05) is 40.0 Å². The van der Waals surface area contributed by atoms with Crippen LogP contribution in [0, 0.1) is 0 Å². The van der Waals surface area contributed by atoms with Gasteiger partial charge >= 0.3 is 23.9 Å². The Bertz CT molecular complexity index is 1090. The molecule has 1 saturated heterocycles. The van der Waals surface area contributed by atoms with Crippen LogP contribution in [0.1, 0.15) is 38.1 Å². The smallest absolute Gasteiger partial charge is 0.303 e. The Morgan fingerprint density at radius 2 is 1.37 bits per heavy atom. The fourth-order valence-corrected chi connectivity index (χ4v) is 4.05. The molecule has 228 valence electrons. The van der Waals surface area contributed by atoms with Crippen molar-refractivity contribution in [1.29, 1.82) is 0 Å². The summed E-state index contributed by atoms with van der Waals surface area (Å²) in [6, 6.07) is 4.12. The number of hydrogen-bond acceptors (Lipinski definition) is 14. The van der Waals surface area contributed by atoms with E-state index in [0.717, 1.165) is 27.7 Å². The Balaban J connectivity index is 2.50. The van der Waals surface area contributed by atoms with Gasteiger partial charge in [-0.2, -0.15) is 0 Å². The van der Waals surface area contributed by atoms with Crippen LogP contribution in [0.2, 0.25) is 0 Å². The lowest BCUT2D eigenvalue weighted by atomic mass is 9.98. The number of carbonyl (C=O) groups excluding carboxylic acids is 5. The van der Waals surface area contributed by atoms with Crippen LogP contribution in [-0.2, 0) is 42.9 Å². The first kappa shape index (κ1) is 33.3. The summed E-state index contributed by atoms with van der Waals surface area (Å²) >= 11 is 0. The summed E-state index contributed by atoms with van der Waals surface area (Å²) in [6.07, 6.45) is -6.99. The van der Waals surface area contributed by atoms with Crippen molar-refractivity contribution in [3.8, 4) is 11.5 Å². The second-order valence-electron chi connectivity index (χ2n) is 8.79. The van der Waals surface area contributed by atoms with E-state index in [-0.39, 0.29) is 43.4 Å². The summed E-state index contributed by atoms with van der Waals surface area (Å²) in [5.74, 6) is -3.47. The van der Waals surface area contributed by atoms with E-state index in [1.54, 1.807) is 0 Å². The predicted octanol–water partition coefficient (Wildman–Crippen LogP) is -0.416. The number of esters is 4. The number of methoxy groups -OCH3 is 1. The molecule has 1 fully saturated rings. The summed E-state index contributed by atoms with van der Waals surface area (Å²) in [7, 11) is 1.31. The van der Waals surface area contributed by atoms with Gasteiger partial charge < -0.3 is 48.3 Å². The van der Waals surface area contributed by atoms with Crippen LogP contribution in [0.3, 0.4) is 0 Å². The molecule has 5 atom stereocenters. The lowest BCUT2D eigenvalue weighted by Crippen LogP contribution is -2.63. The van der Waals surface area contributed by atoms with E-state index in [9.17, 15) is 34.2 Å². The first-order valence-corrected chi connectivity index (χ1v) is 12.6. The molecule has 0 unspecified atom stereocenters. The third-order valence-corrected chi connectivity index (χ3v) is 5.63. The first-order chi connectivity index (χ1) is 19.4. The monoisotopic (exact) mass is 585 g/mol. The molecule has 1 heterocycles. The zero-order valence-corrected chi connectivity index (χ0v) is 23.4. The van der Waals surface area contributed by atoms with Crippen LogP contribution >= 0.6 is 0 Å². The van der Waals surface area contributed by atoms with E-state index < -0.39 is 67.1 Å². The quantitative estimate of drug-likeness (QED) is 0.224. The summed E-state index contributed by atoms with van der Waals surface area (Å²) in [5, 5.41) is 18.5. The maximum absolute atomic E-state index is 12.9. The second kappa shape index (κ2) is 15.7. The highest BCUT2D eigenvalue weighted by Crippen LogP contribution is 2.35. The highest BCUT2D eigenvalue weighted by atomic mass is 16.7. The molecule has 1 aliphatic heterocycles. The molecule has 1 aromatic carbocycles. The fourth-order valence-electron chi connectivity index (χ4n) is 4.05. The first-order valence-electron chi connectivity index (χ1n) is 12.6. The Morgan fingerprint density at radius 3 is 1.88 bits per heavy atom. The molecule has 41 heavy (non-hydrogen) atoms. The number of amides is 1. The minimum Gasteiger partial charge on any atom is -0.493 e. The van der Waals surface area contributed by atoms with Crippen LogP contribution in [0.25, 0.3) is 0 Å². The molecule has 2 rings (SSSR count). The van der Waals surface area contributed by atoms with E-state index in [4.69, 9.17) is 33.2 Å². The van der Waals surface area contributed by atoms with Crippen LogP contribution in [-0.4, -0.2) is 116 Å². The number of rotatable bonds is 13. The van der Waals surface area contributed by atoms with Crippen LogP contribution < -0.4 is 9.47 Å². The maximum Gasteiger partial charge on any atom is 0.303 e. The summed E-state index contributed by atoms with van der Waals surface area (Å²) in [6.45, 7) is 3.37. The molecular weight excluding hydrogens is 550 g/mol. The number of nitrogens with zero attached hydrogens (tertiary/aromatic N) is 1. The van der Waals surface area contributed by atoms with Crippen molar-refractivity contribution in [2.45, 2.75) is 58.4 Å². The number of aliphatic hydroxyl groups is 2. The fraction of sp³-hybridized carbons (Fsp3) is 0.577. The highest BCUT2D eigenvalue weighted by Gasteiger charge is 2.53. The van der Waals surface area contributed by atoms with Gasteiger partial charge in [-0.05, 0) is 18.2 Å². The maximum atomic E-state index is 12.9. The van der Waals surface area contributed by atoms with E-state index in [1.807, 2.05) is 0 Å². The SMILES string of the molecule is COc1cc(C(=O)N(CCO)CCO)ccc1O[C@@H]1O[C@@H](COC(C)=O)[C@@H](OC(C)=O)[C@@H](OC(C)=O)[C@@H]1OC(C)=O. The molecule has 2 N–H and O–H groups in total. The number of aliphatic hydroxyl groups excluding tert-OH is 2. The zero-order chi connectivity index (χ0) is 30.7. The topological polar surface area (TPSA) is 194 Å². The Kier molecular flexibility index (Phi) is 12.8. The van der Waals surface area contributed by atoms with Gasteiger partial charge in [0.15, 0.2) is 23.7 Å². The van der Waals surface area contributed by atoms with Gasteiger partial charge in [-0.25, -0.2) is 0 Å². The Labute approximate surface area is 236 Å². The van der Waals surface area contributed by atoms with Gasteiger partial charge in [0, 0.05) is 46.3 Å². The molecule has 1 aliphatic rings. The van der Waals surface area contributed by atoms with Gasteiger partial charge in [0.05, 0.1) is 20.3 Å². The van der Waals surface area contributed by atoms with E-state index in [2.05, 4.69) is 0 Å². The second-order valence-corrected chi connectivity index (χ2v) is 8.79. The van der Waals surface area contributed by atoms with Crippen molar-refractivity contribution in [1.82, 2.24) is 4.90 Å². The minimum absolute atomic E-state index is 0.00923. The number of ether oxygens (including phenoxy) is 7. The summed E-state index contributed by atoms with van der Waals surface area (Å²) in [5.41, 5.74) is 0.151. The van der Waals surface area contributed by atoms with Crippen molar-refractivity contribution >= 4 is 29.8 Å². The normalized spacial score (nSPS) is 21.7.